The molecule has 0 saturated carbocycles. The molecule has 0 aliphatic carbocycles. The van der Waals surface area contributed by atoms with Gasteiger partial charge in [0.15, 0.2) is 11.7 Å². The number of para-hydroxylation sites is 1. The van der Waals surface area contributed by atoms with E-state index in [1.807, 2.05) is 13.0 Å². The Labute approximate surface area is 93.7 Å². The van der Waals surface area contributed by atoms with Crippen LogP contribution in [-0.2, 0) is 6.42 Å². The number of benzene rings is 1. The average Bonchev–Trinajstić information content (AvgIpc) is 2.61. The molecule has 0 radical (unpaired) electrons. The Hall–Kier alpha value is -1.81. The Balaban J connectivity index is 2.44. The second-order valence-corrected chi connectivity index (χ2v) is 3.58. The predicted molar refractivity (Wildman–Crippen MR) is 61.1 cm³/mol. The van der Waals surface area contributed by atoms with Crippen LogP contribution in [-0.4, -0.2) is 16.6 Å². The maximum absolute atomic E-state index is 9.72. The summed E-state index contributed by atoms with van der Waals surface area (Å²) in [6.45, 7) is 2.35. The van der Waals surface area contributed by atoms with Gasteiger partial charge in [0.1, 0.15) is 5.75 Å². The summed E-state index contributed by atoms with van der Waals surface area (Å²) < 4.78 is 5.57. The molecule has 2 rings (SSSR count). The number of phenols is 1. The van der Waals surface area contributed by atoms with Gasteiger partial charge in [-0.3, -0.25) is 0 Å². The van der Waals surface area contributed by atoms with E-state index < -0.39 is 0 Å². The molecule has 0 unspecified atom stereocenters. The molecule has 4 nitrogen and oxygen atoms in total. The van der Waals surface area contributed by atoms with E-state index in [0.29, 0.717) is 30.2 Å². The molecule has 0 aliphatic heterocycles. The summed E-state index contributed by atoms with van der Waals surface area (Å²) in [7, 11) is 0. The van der Waals surface area contributed by atoms with Crippen LogP contribution in [0.15, 0.2) is 28.7 Å². The van der Waals surface area contributed by atoms with Crippen LogP contribution in [0.4, 0.5) is 0 Å². The molecule has 1 aromatic carbocycles. The van der Waals surface area contributed by atoms with E-state index in [4.69, 9.17) is 10.2 Å². The van der Waals surface area contributed by atoms with Crippen molar-refractivity contribution < 1.29 is 9.52 Å². The van der Waals surface area contributed by atoms with Crippen molar-refractivity contribution in [2.24, 2.45) is 5.73 Å². The summed E-state index contributed by atoms with van der Waals surface area (Å²) in [6, 6.07) is 7.04. The molecule has 2 aromatic rings. The number of aromatic nitrogens is 1. The van der Waals surface area contributed by atoms with Crippen molar-refractivity contribution in [1.82, 2.24) is 4.98 Å². The highest BCUT2D eigenvalue weighted by molar-refractivity contribution is 5.66. The zero-order valence-electron chi connectivity index (χ0n) is 9.10. The molecule has 0 saturated heterocycles. The Morgan fingerprint density at radius 1 is 1.38 bits per heavy atom. The SMILES string of the molecule is Cc1nc(CCN)oc1-c1ccccc1O. The van der Waals surface area contributed by atoms with Gasteiger partial charge in [0, 0.05) is 13.0 Å². The van der Waals surface area contributed by atoms with Crippen LogP contribution in [0.25, 0.3) is 11.3 Å². The van der Waals surface area contributed by atoms with E-state index in [0.717, 1.165) is 5.69 Å². The minimum atomic E-state index is 0.195. The van der Waals surface area contributed by atoms with Gasteiger partial charge in [-0.1, -0.05) is 12.1 Å². The normalized spacial score (nSPS) is 10.6. The van der Waals surface area contributed by atoms with E-state index in [-0.39, 0.29) is 5.75 Å². The second kappa shape index (κ2) is 4.37. The standard InChI is InChI=1S/C12H14N2O2/c1-8-12(16-11(14-8)6-7-13)9-4-2-3-5-10(9)15/h2-5,15H,6-7,13H2,1H3. The van der Waals surface area contributed by atoms with Gasteiger partial charge in [-0.2, -0.15) is 0 Å². The first kappa shape index (κ1) is 10.7. The van der Waals surface area contributed by atoms with E-state index in [1.165, 1.54) is 0 Å². The summed E-state index contributed by atoms with van der Waals surface area (Å²) >= 11 is 0. The van der Waals surface area contributed by atoms with Crippen LogP contribution < -0.4 is 5.73 Å². The highest BCUT2D eigenvalue weighted by Gasteiger charge is 2.13. The fourth-order valence-corrected chi connectivity index (χ4v) is 1.60. The number of rotatable bonds is 3. The Bertz CT molecular complexity index is 492. The summed E-state index contributed by atoms with van der Waals surface area (Å²) in [6.07, 6.45) is 0.606. The number of aromatic hydroxyl groups is 1. The van der Waals surface area contributed by atoms with Crippen molar-refractivity contribution in [3.63, 3.8) is 0 Å². The number of nitrogens with two attached hydrogens (primary N) is 1. The molecule has 0 aliphatic rings. The van der Waals surface area contributed by atoms with E-state index in [9.17, 15) is 5.11 Å². The Morgan fingerprint density at radius 3 is 2.81 bits per heavy atom. The van der Waals surface area contributed by atoms with Crippen molar-refractivity contribution in [1.29, 1.82) is 0 Å². The maximum atomic E-state index is 9.72. The molecule has 0 spiro atoms. The molecule has 16 heavy (non-hydrogen) atoms. The molecule has 0 atom stereocenters. The lowest BCUT2D eigenvalue weighted by Gasteiger charge is -2.00. The number of hydrogen-bond donors (Lipinski definition) is 2. The van der Waals surface area contributed by atoms with E-state index in [2.05, 4.69) is 4.98 Å². The topological polar surface area (TPSA) is 72.3 Å². The molecular formula is C12H14N2O2. The van der Waals surface area contributed by atoms with E-state index >= 15 is 0 Å². The Kier molecular flexibility index (Phi) is 2.92. The van der Waals surface area contributed by atoms with Gasteiger partial charge in [0.25, 0.3) is 0 Å². The van der Waals surface area contributed by atoms with Gasteiger partial charge < -0.3 is 15.3 Å². The quantitative estimate of drug-likeness (QED) is 0.824. The van der Waals surface area contributed by atoms with Crippen LogP contribution in [0.2, 0.25) is 0 Å². The predicted octanol–water partition coefficient (Wildman–Crippen LogP) is 1.86. The fourth-order valence-electron chi connectivity index (χ4n) is 1.60. The first-order valence-electron chi connectivity index (χ1n) is 5.17. The number of oxazole rings is 1. The number of nitrogens with zero attached hydrogens (tertiary/aromatic N) is 1. The maximum Gasteiger partial charge on any atom is 0.196 e. The van der Waals surface area contributed by atoms with Crippen LogP contribution >= 0.6 is 0 Å². The lowest BCUT2D eigenvalue weighted by atomic mass is 10.1. The molecule has 1 aromatic heterocycles. The van der Waals surface area contributed by atoms with Crippen molar-refractivity contribution in [2.75, 3.05) is 6.54 Å². The Morgan fingerprint density at radius 2 is 2.12 bits per heavy atom. The van der Waals surface area contributed by atoms with Crippen molar-refractivity contribution >= 4 is 0 Å². The fraction of sp³-hybridized carbons (Fsp3) is 0.250. The van der Waals surface area contributed by atoms with Crippen molar-refractivity contribution in [3.05, 3.63) is 35.9 Å². The molecule has 4 heteroatoms. The number of hydrogen-bond acceptors (Lipinski definition) is 4. The van der Waals surface area contributed by atoms with Crippen molar-refractivity contribution in [3.8, 4) is 17.1 Å². The van der Waals surface area contributed by atoms with Crippen molar-refractivity contribution in [2.45, 2.75) is 13.3 Å². The van der Waals surface area contributed by atoms with Gasteiger partial charge >= 0.3 is 0 Å². The molecule has 3 N–H and O–H groups in total. The monoisotopic (exact) mass is 218 g/mol. The van der Waals surface area contributed by atoms with Crippen LogP contribution in [0.3, 0.4) is 0 Å². The van der Waals surface area contributed by atoms with Crippen LogP contribution in [0, 0.1) is 6.92 Å². The van der Waals surface area contributed by atoms with Crippen LogP contribution in [0.1, 0.15) is 11.6 Å². The smallest absolute Gasteiger partial charge is 0.196 e. The van der Waals surface area contributed by atoms with Gasteiger partial charge in [0.05, 0.1) is 11.3 Å². The zero-order valence-corrected chi connectivity index (χ0v) is 9.10. The summed E-state index contributed by atoms with van der Waals surface area (Å²) in [5, 5.41) is 9.72. The first-order valence-corrected chi connectivity index (χ1v) is 5.17. The summed E-state index contributed by atoms with van der Waals surface area (Å²) in [4.78, 5) is 4.26. The zero-order chi connectivity index (χ0) is 11.5. The van der Waals surface area contributed by atoms with E-state index in [1.54, 1.807) is 18.2 Å². The van der Waals surface area contributed by atoms with Crippen LogP contribution in [0.5, 0.6) is 5.75 Å². The minimum Gasteiger partial charge on any atom is -0.507 e. The third-order valence-electron chi connectivity index (χ3n) is 2.35. The molecule has 0 amide bonds. The summed E-state index contributed by atoms with van der Waals surface area (Å²) in [5.41, 5.74) is 6.87. The lowest BCUT2D eigenvalue weighted by Crippen LogP contribution is -2.02. The second-order valence-electron chi connectivity index (χ2n) is 3.58. The lowest BCUT2D eigenvalue weighted by molar-refractivity contribution is 0.469. The minimum absolute atomic E-state index is 0.195. The number of phenolic OH excluding ortho intramolecular Hbond substituents is 1. The highest BCUT2D eigenvalue weighted by atomic mass is 16.4. The largest absolute Gasteiger partial charge is 0.507 e. The molecule has 84 valence electrons. The first-order chi connectivity index (χ1) is 7.72. The molecular weight excluding hydrogens is 204 g/mol. The third kappa shape index (κ3) is 1.92. The van der Waals surface area contributed by atoms with Gasteiger partial charge in [0.2, 0.25) is 0 Å². The van der Waals surface area contributed by atoms with Gasteiger partial charge in [-0.05, 0) is 19.1 Å². The number of aryl methyl sites for hydroxylation is 1. The van der Waals surface area contributed by atoms with Gasteiger partial charge in [-0.15, -0.1) is 0 Å². The highest BCUT2D eigenvalue weighted by Crippen LogP contribution is 2.31. The molecule has 1 heterocycles. The molecule has 0 bridgehead atoms. The average molecular weight is 218 g/mol. The summed E-state index contributed by atoms with van der Waals surface area (Å²) in [5.74, 6) is 1.42. The third-order valence-corrected chi connectivity index (χ3v) is 2.35. The van der Waals surface area contributed by atoms with Gasteiger partial charge in [-0.25, -0.2) is 4.98 Å². The molecule has 0 fully saturated rings.